The number of rotatable bonds is 5. The third-order valence-electron chi connectivity index (χ3n) is 2.19. The average molecular weight is 200 g/mol. The first-order valence-electron chi connectivity index (χ1n) is 4.98. The molecule has 0 bridgehead atoms. The summed E-state index contributed by atoms with van der Waals surface area (Å²) >= 11 is 0. The Kier molecular flexibility index (Phi) is 6.12. The van der Waals surface area contributed by atoms with Crippen LogP contribution in [0, 0.1) is 0 Å². The van der Waals surface area contributed by atoms with Crippen LogP contribution in [0.2, 0.25) is 0 Å². The molecule has 0 amide bonds. The van der Waals surface area contributed by atoms with Crippen LogP contribution in [0.5, 0.6) is 0 Å². The molecule has 0 aliphatic heterocycles. The average Bonchev–Trinajstić information content (AvgIpc) is 2.21. The van der Waals surface area contributed by atoms with Gasteiger partial charge in [-0.2, -0.15) is 0 Å². The summed E-state index contributed by atoms with van der Waals surface area (Å²) in [4.78, 5) is 0. The lowest BCUT2D eigenvalue weighted by atomic mass is 10.1. The molecule has 0 saturated heterocycles. The number of allylic oxidation sites excluding steroid dienone is 9. The Labute approximate surface area is 93.7 Å². The van der Waals surface area contributed by atoms with Gasteiger partial charge < -0.3 is 0 Å². The molecule has 15 heavy (non-hydrogen) atoms. The quantitative estimate of drug-likeness (QED) is 0.562. The van der Waals surface area contributed by atoms with E-state index in [1.807, 2.05) is 25.2 Å². The van der Waals surface area contributed by atoms with Crippen molar-refractivity contribution in [2.24, 2.45) is 0 Å². The molecule has 0 radical (unpaired) electrons. The standard InChI is InChI=1S/C15H20/c1-7-8-9-14(5)15(6)11-10-13(4)12(2)3/h7-11H,1-2,4H2,3,5-6H3/b9-8-,11-10-,15-14+. The molecule has 0 aliphatic rings. The molecular formula is C15H20. The van der Waals surface area contributed by atoms with E-state index < -0.39 is 0 Å². The Balaban J connectivity index is 4.66. The zero-order valence-electron chi connectivity index (χ0n) is 10.0. The van der Waals surface area contributed by atoms with E-state index in [4.69, 9.17) is 0 Å². The van der Waals surface area contributed by atoms with Gasteiger partial charge in [0.25, 0.3) is 0 Å². The molecule has 0 N–H and O–H groups in total. The van der Waals surface area contributed by atoms with Gasteiger partial charge in [0.2, 0.25) is 0 Å². The second kappa shape index (κ2) is 6.83. The van der Waals surface area contributed by atoms with Crippen LogP contribution in [-0.4, -0.2) is 0 Å². The highest BCUT2D eigenvalue weighted by Gasteiger charge is 1.90. The van der Waals surface area contributed by atoms with Crippen molar-refractivity contribution in [3.63, 3.8) is 0 Å². The number of hydrogen-bond donors (Lipinski definition) is 0. The highest BCUT2D eigenvalue weighted by molar-refractivity contribution is 5.39. The van der Waals surface area contributed by atoms with Crippen molar-refractivity contribution in [2.45, 2.75) is 20.8 Å². The van der Waals surface area contributed by atoms with E-state index in [0.29, 0.717) is 0 Å². The maximum atomic E-state index is 3.90. The topological polar surface area (TPSA) is 0 Å². The fourth-order valence-electron chi connectivity index (χ4n) is 0.843. The third-order valence-corrected chi connectivity index (χ3v) is 2.19. The first kappa shape index (κ1) is 13.4. The molecule has 0 heteroatoms. The molecule has 0 aromatic heterocycles. The minimum Gasteiger partial charge on any atom is -0.0991 e. The summed E-state index contributed by atoms with van der Waals surface area (Å²) < 4.78 is 0. The maximum absolute atomic E-state index is 3.90. The molecule has 0 nitrogen and oxygen atoms in total. The van der Waals surface area contributed by atoms with Crippen molar-refractivity contribution in [3.8, 4) is 0 Å². The summed E-state index contributed by atoms with van der Waals surface area (Å²) in [6.45, 7) is 17.5. The van der Waals surface area contributed by atoms with Crippen molar-refractivity contribution in [2.75, 3.05) is 0 Å². The second-order valence-corrected chi connectivity index (χ2v) is 3.60. The van der Waals surface area contributed by atoms with Gasteiger partial charge in [-0.3, -0.25) is 0 Å². The zero-order chi connectivity index (χ0) is 11.8. The van der Waals surface area contributed by atoms with Gasteiger partial charge in [0.1, 0.15) is 0 Å². The highest BCUT2D eigenvalue weighted by atomic mass is 14.0. The van der Waals surface area contributed by atoms with Gasteiger partial charge in [-0.1, -0.05) is 55.7 Å². The normalized spacial score (nSPS) is 13.0. The van der Waals surface area contributed by atoms with E-state index in [1.54, 1.807) is 6.08 Å². The molecule has 0 heterocycles. The van der Waals surface area contributed by atoms with Gasteiger partial charge in [-0.15, -0.1) is 0 Å². The maximum Gasteiger partial charge on any atom is -0.0305 e. The second-order valence-electron chi connectivity index (χ2n) is 3.60. The largest absolute Gasteiger partial charge is 0.0991 e. The zero-order valence-corrected chi connectivity index (χ0v) is 10.0. The van der Waals surface area contributed by atoms with Crippen LogP contribution in [0.4, 0.5) is 0 Å². The molecule has 0 rings (SSSR count). The van der Waals surface area contributed by atoms with E-state index in [-0.39, 0.29) is 0 Å². The van der Waals surface area contributed by atoms with E-state index in [1.165, 1.54) is 11.1 Å². The van der Waals surface area contributed by atoms with E-state index in [0.717, 1.165) is 11.1 Å². The Bertz CT molecular complexity index is 346. The monoisotopic (exact) mass is 200 g/mol. The van der Waals surface area contributed by atoms with Gasteiger partial charge in [0, 0.05) is 0 Å². The van der Waals surface area contributed by atoms with E-state index in [9.17, 15) is 0 Å². The Morgan fingerprint density at radius 3 is 1.87 bits per heavy atom. The predicted molar refractivity (Wildman–Crippen MR) is 70.8 cm³/mol. The summed E-state index contributed by atoms with van der Waals surface area (Å²) in [5, 5.41) is 0. The smallest absolute Gasteiger partial charge is 0.0305 e. The molecule has 80 valence electrons. The molecule has 0 aromatic carbocycles. The molecule has 0 unspecified atom stereocenters. The summed E-state index contributed by atoms with van der Waals surface area (Å²) in [6, 6.07) is 0. The van der Waals surface area contributed by atoms with Gasteiger partial charge in [0.15, 0.2) is 0 Å². The molecule has 0 aromatic rings. The molecule has 0 fully saturated rings. The van der Waals surface area contributed by atoms with E-state index in [2.05, 4.69) is 39.7 Å². The summed E-state index contributed by atoms with van der Waals surface area (Å²) in [7, 11) is 0. The molecule has 0 saturated carbocycles. The third kappa shape index (κ3) is 5.69. The molecule has 0 atom stereocenters. The van der Waals surface area contributed by atoms with Crippen LogP contribution in [0.1, 0.15) is 20.8 Å². The van der Waals surface area contributed by atoms with Crippen LogP contribution >= 0.6 is 0 Å². The first-order valence-corrected chi connectivity index (χ1v) is 4.98. The van der Waals surface area contributed by atoms with Crippen molar-refractivity contribution in [1.29, 1.82) is 0 Å². The highest BCUT2D eigenvalue weighted by Crippen LogP contribution is 2.10. The van der Waals surface area contributed by atoms with E-state index >= 15 is 0 Å². The van der Waals surface area contributed by atoms with Crippen molar-refractivity contribution in [3.05, 3.63) is 72.4 Å². The minimum atomic E-state index is 0.967. The van der Waals surface area contributed by atoms with Gasteiger partial charge in [-0.25, -0.2) is 0 Å². The molecule has 0 aliphatic carbocycles. The molecule has 0 spiro atoms. The fraction of sp³-hybridized carbons (Fsp3) is 0.200. The Morgan fingerprint density at radius 1 is 0.867 bits per heavy atom. The Hall–Kier alpha value is -1.56. The SMILES string of the molecule is C=C\C=C/C(C)=C(C)/C=C\C(=C)C(=C)C. The summed E-state index contributed by atoms with van der Waals surface area (Å²) in [5.41, 5.74) is 4.41. The lowest BCUT2D eigenvalue weighted by Gasteiger charge is -1.99. The van der Waals surface area contributed by atoms with Crippen LogP contribution in [-0.2, 0) is 0 Å². The predicted octanol–water partition coefficient (Wildman–Crippen LogP) is 4.75. The Morgan fingerprint density at radius 2 is 1.40 bits per heavy atom. The van der Waals surface area contributed by atoms with Gasteiger partial charge >= 0.3 is 0 Å². The van der Waals surface area contributed by atoms with Crippen LogP contribution in [0.15, 0.2) is 72.4 Å². The van der Waals surface area contributed by atoms with Crippen molar-refractivity contribution < 1.29 is 0 Å². The van der Waals surface area contributed by atoms with Crippen LogP contribution in [0.3, 0.4) is 0 Å². The lowest BCUT2D eigenvalue weighted by Crippen LogP contribution is -1.79. The summed E-state index contributed by atoms with van der Waals surface area (Å²) in [5.74, 6) is 0. The number of hydrogen-bond acceptors (Lipinski definition) is 0. The van der Waals surface area contributed by atoms with Crippen LogP contribution in [0.25, 0.3) is 0 Å². The van der Waals surface area contributed by atoms with Crippen molar-refractivity contribution in [1.82, 2.24) is 0 Å². The molecular weight excluding hydrogens is 180 g/mol. The van der Waals surface area contributed by atoms with Crippen molar-refractivity contribution >= 4 is 0 Å². The van der Waals surface area contributed by atoms with Gasteiger partial charge in [0.05, 0.1) is 0 Å². The lowest BCUT2D eigenvalue weighted by molar-refractivity contribution is 1.36. The van der Waals surface area contributed by atoms with Gasteiger partial charge in [-0.05, 0) is 37.5 Å². The fourth-order valence-corrected chi connectivity index (χ4v) is 0.843. The minimum absolute atomic E-state index is 0.967. The first-order chi connectivity index (χ1) is 6.99. The summed E-state index contributed by atoms with van der Waals surface area (Å²) in [6.07, 6.45) is 9.78. The van der Waals surface area contributed by atoms with Crippen LogP contribution < -0.4 is 0 Å².